The number of amides is 4. The molecule has 4 amide bonds. The van der Waals surface area contributed by atoms with Gasteiger partial charge in [0, 0.05) is 0 Å². The van der Waals surface area contributed by atoms with Crippen LogP contribution >= 0.6 is 11.6 Å². The number of nitrogens with zero attached hydrogens (tertiary/aromatic N) is 1. The summed E-state index contributed by atoms with van der Waals surface area (Å²) in [5.41, 5.74) is 1.22. The van der Waals surface area contributed by atoms with Crippen LogP contribution in [-0.4, -0.2) is 26.3 Å². The van der Waals surface area contributed by atoms with Gasteiger partial charge in [-0.1, -0.05) is 53.6 Å². The summed E-state index contributed by atoms with van der Waals surface area (Å²) in [7, 11) is -4.12. The van der Waals surface area contributed by atoms with Gasteiger partial charge in [-0.3, -0.25) is 14.9 Å². The van der Waals surface area contributed by atoms with Crippen molar-refractivity contribution in [3.63, 3.8) is 0 Å². The number of nitrogens with one attached hydrogen (secondary N) is 1. The molecule has 0 atom stereocenters. The quantitative estimate of drug-likeness (QED) is 0.324. The highest BCUT2D eigenvalue weighted by molar-refractivity contribution is 7.87. The lowest BCUT2D eigenvalue weighted by Crippen LogP contribution is -2.54. The maximum absolute atomic E-state index is 12.9. The normalized spacial score (nSPS) is 15.4. The van der Waals surface area contributed by atoms with Crippen LogP contribution in [-0.2, 0) is 19.7 Å². The number of carbonyl (C=O) groups excluding carboxylic acids is 3. The van der Waals surface area contributed by atoms with E-state index in [1.807, 2.05) is 6.92 Å². The molecule has 3 aromatic rings. The van der Waals surface area contributed by atoms with E-state index in [9.17, 15) is 22.8 Å². The SMILES string of the molecule is Cc1ccc(S(=O)(=O)Oc2ccc(/C=C3\C(=O)NC(=O)N(c4ccccc4)C3=O)cc2Cl)cc1. The minimum absolute atomic E-state index is 0.0319. The molecule has 1 fully saturated rings. The van der Waals surface area contributed by atoms with Crippen LogP contribution in [0.4, 0.5) is 10.5 Å². The van der Waals surface area contributed by atoms with Crippen molar-refractivity contribution in [2.45, 2.75) is 11.8 Å². The van der Waals surface area contributed by atoms with E-state index in [4.69, 9.17) is 15.8 Å². The maximum Gasteiger partial charge on any atom is 0.339 e. The molecule has 1 saturated heterocycles. The van der Waals surface area contributed by atoms with Crippen LogP contribution in [0.15, 0.2) is 83.3 Å². The van der Waals surface area contributed by atoms with Crippen molar-refractivity contribution in [3.8, 4) is 5.75 Å². The molecule has 0 radical (unpaired) electrons. The van der Waals surface area contributed by atoms with E-state index in [1.54, 1.807) is 42.5 Å². The van der Waals surface area contributed by atoms with Crippen molar-refractivity contribution in [2.75, 3.05) is 4.90 Å². The second kappa shape index (κ2) is 9.12. The minimum Gasteiger partial charge on any atom is -0.377 e. The zero-order chi connectivity index (χ0) is 24.5. The molecule has 10 heteroatoms. The fourth-order valence-corrected chi connectivity index (χ4v) is 4.40. The van der Waals surface area contributed by atoms with Crippen LogP contribution in [0.2, 0.25) is 5.02 Å². The molecule has 1 heterocycles. The first-order valence-electron chi connectivity index (χ1n) is 9.93. The van der Waals surface area contributed by atoms with Crippen LogP contribution in [0, 0.1) is 6.92 Å². The predicted octanol–water partition coefficient (Wildman–Crippen LogP) is 4.08. The molecule has 1 aliphatic rings. The Hall–Kier alpha value is -3.95. The Labute approximate surface area is 200 Å². The molecule has 34 heavy (non-hydrogen) atoms. The number of rotatable bonds is 5. The minimum atomic E-state index is -4.12. The third-order valence-corrected chi connectivity index (χ3v) is 6.44. The van der Waals surface area contributed by atoms with Gasteiger partial charge in [0.1, 0.15) is 10.5 Å². The van der Waals surface area contributed by atoms with Crippen molar-refractivity contribution in [1.29, 1.82) is 0 Å². The number of halogens is 1. The number of hydrogen-bond acceptors (Lipinski definition) is 6. The number of carbonyl (C=O) groups is 3. The molecular weight excluding hydrogens is 480 g/mol. The van der Waals surface area contributed by atoms with Crippen LogP contribution in [0.25, 0.3) is 6.08 Å². The Morgan fingerprint density at radius 3 is 2.26 bits per heavy atom. The molecule has 0 spiro atoms. The molecule has 0 saturated carbocycles. The van der Waals surface area contributed by atoms with Crippen LogP contribution < -0.4 is 14.4 Å². The third-order valence-electron chi connectivity index (χ3n) is 4.89. The van der Waals surface area contributed by atoms with Crippen LogP contribution in [0.1, 0.15) is 11.1 Å². The molecule has 0 aliphatic carbocycles. The molecule has 3 aromatic carbocycles. The lowest BCUT2D eigenvalue weighted by molar-refractivity contribution is -0.122. The third kappa shape index (κ3) is 4.70. The first kappa shape index (κ1) is 23.2. The molecule has 0 unspecified atom stereocenters. The molecule has 0 bridgehead atoms. The van der Waals surface area contributed by atoms with E-state index in [2.05, 4.69) is 5.32 Å². The van der Waals surface area contributed by atoms with E-state index in [0.717, 1.165) is 10.5 Å². The zero-order valence-electron chi connectivity index (χ0n) is 17.7. The summed E-state index contributed by atoms with van der Waals surface area (Å²) < 4.78 is 30.2. The number of anilines is 1. The number of aryl methyl sites for hydroxylation is 1. The van der Waals surface area contributed by atoms with E-state index >= 15 is 0 Å². The average molecular weight is 497 g/mol. The summed E-state index contributed by atoms with van der Waals surface area (Å²) in [5.74, 6) is -1.79. The van der Waals surface area contributed by atoms with Crippen molar-refractivity contribution >= 4 is 51.3 Å². The smallest absolute Gasteiger partial charge is 0.339 e. The first-order chi connectivity index (χ1) is 16.2. The molecule has 4 rings (SSSR count). The lowest BCUT2D eigenvalue weighted by atomic mass is 10.1. The number of benzene rings is 3. The Morgan fingerprint density at radius 2 is 1.62 bits per heavy atom. The summed E-state index contributed by atoms with van der Waals surface area (Å²) in [5, 5.41) is 2.08. The number of para-hydroxylation sites is 1. The largest absolute Gasteiger partial charge is 0.377 e. The lowest BCUT2D eigenvalue weighted by Gasteiger charge is -2.26. The first-order valence-corrected chi connectivity index (χ1v) is 11.7. The van der Waals surface area contributed by atoms with Crippen LogP contribution in [0.5, 0.6) is 5.75 Å². The van der Waals surface area contributed by atoms with Crippen molar-refractivity contribution in [3.05, 3.63) is 94.5 Å². The van der Waals surface area contributed by atoms with Gasteiger partial charge < -0.3 is 4.18 Å². The average Bonchev–Trinajstić information content (AvgIpc) is 2.79. The molecule has 1 N–H and O–H groups in total. The van der Waals surface area contributed by atoms with Gasteiger partial charge in [-0.05, 0) is 55.0 Å². The fraction of sp³-hybridized carbons (Fsp3) is 0.0417. The van der Waals surface area contributed by atoms with E-state index < -0.39 is 28.0 Å². The highest BCUT2D eigenvalue weighted by atomic mass is 35.5. The van der Waals surface area contributed by atoms with Gasteiger partial charge in [0.25, 0.3) is 11.8 Å². The summed E-state index contributed by atoms with van der Waals surface area (Å²) in [6.45, 7) is 1.83. The maximum atomic E-state index is 12.9. The molecular formula is C24H17ClN2O6S. The summed E-state index contributed by atoms with van der Waals surface area (Å²) in [4.78, 5) is 38.3. The fourth-order valence-electron chi connectivity index (χ4n) is 3.18. The summed E-state index contributed by atoms with van der Waals surface area (Å²) in [6.07, 6.45) is 1.25. The van der Waals surface area contributed by atoms with E-state index in [-0.39, 0.29) is 21.2 Å². The summed E-state index contributed by atoms with van der Waals surface area (Å²) >= 11 is 6.22. The van der Waals surface area contributed by atoms with Gasteiger partial charge in [0.15, 0.2) is 5.75 Å². The second-order valence-corrected chi connectivity index (χ2v) is 9.29. The monoisotopic (exact) mass is 496 g/mol. The molecule has 8 nitrogen and oxygen atoms in total. The Bertz CT molecular complexity index is 1430. The summed E-state index contributed by atoms with van der Waals surface area (Å²) in [6, 6.07) is 17.5. The van der Waals surface area contributed by atoms with Gasteiger partial charge in [-0.2, -0.15) is 8.42 Å². The topological polar surface area (TPSA) is 110 Å². The number of barbiturate groups is 1. The Kier molecular flexibility index (Phi) is 6.23. The predicted molar refractivity (Wildman–Crippen MR) is 126 cm³/mol. The highest BCUT2D eigenvalue weighted by Crippen LogP contribution is 2.30. The number of hydrogen-bond donors (Lipinski definition) is 1. The molecule has 172 valence electrons. The molecule has 0 aromatic heterocycles. The van der Waals surface area contributed by atoms with Gasteiger partial charge >= 0.3 is 16.1 Å². The van der Waals surface area contributed by atoms with Crippen molar-refractivity contribution in [1.82, 2.24) is 5.32 Å². The van der Waals surface area contributed by atoms with Crippen molar-refractivity contribution in [2.24, 2.45) is 0 Å². The van der Waals surface area contributed by atoms with Gasteiger partial charge in [0.2, 0.25) is 0 Å². The van der Waals surface area contributed by atoms with Crippen molar-refractivity contribution < 1.29 is 27.0 Å². The Balaban J connectivity index is 1.61. The van der Waals surface area contributed by atoms with Crippen LogP contribution in [0.3, 0.4) is 0 Å². The second-order valence-electron chi connectivity index (χ2n) is 7.33. The standard InChI is InChI=1S/C24H17ClN2O6S/c1-15-7-10-18(11-8-15)34(31,32)33-21-12-9-16(14-20(21)25)13-19-22(28)26-24(30)27(23(19)29)17-5-3-2-4-6-17/h2-14H,1H3,(H,26,28,30)/b19-13+. The van der Waals surface area contributed by atoms with Gasteiger partial charge in [-0.25, -0.2) is 9.69 Å². The Morgan fingerprint density at radius 1 is 0.941 bits per heavy atom. The molecule has 1 aliphatic heterocycles. The number of urea groups is 1. The van der Waals surface area contributed by atoms with Gasteiger partial charge in [0.05, 0.1) is 10.7 Å². The highest BCUT2D eigenvalue weighted by Gasteiger charge is 2.36. The van der Waals surface area contributed by atoms with E-state index in [0.29, 0.717) is 11.3 Å². The van der Waals surface area contributed by atoms with Gasteiger partial charge in [-0.15, -0.1) is 0 Å². The number of imide groups is 2. The van der Waals surface area contributed by atoms with E-state index in [1.165, 1.54) is 36.4 Å². The zero-order valence-corrected chi connectivity index (χ0v) is 19.3.